The van der Waals surface area contributed by atoms with Crippen molar-refractivity contribution in [2.75, 3.05) is 5.75 Å². The van der Waals surface area contributed by atoms with Gasteiger partial charge in [-0.15, -0.1) is 11.8 Å². The molecule has 0 aromatic heterocycles. The minimum Gasteiger partial charge on any atom is -0.121 e. The second kappa shape index (κ2) is 6.85. The van der Waals surface area contributed by atoms with Crippen LogP contribution in [-0.2, 0) is 0 Å². The van der Waals surface area contributed by atoms with Crippen LogP contribution in [0.1, 0.15) is 23.1 Å². The maximum absolute atomic E-state index is 4.35. The van der Waals surface area contributed by atoms with Gasteiger partial charge in [-0.3, -0.25) is 0 Å². The van der Waals surface area contributed by atoms with Gasteiger partial charge in [0, 0.05) is 10.6 Å². The number of benzene rings is 2. The lowest BCUT2D eigenvalue weighted by Gasteiger charge is -2.15. The fraction of sp³-hybridized carbons (Fsp3) is 0.143. The third-order valence-electron chi connectivity index (χ3n) is 3.89. The summed E-state index contributed by atoms with van der Waals surface area (Å²) in [7, 11) is 0. The molecule has 2 aromatic carbocycles. The molecule has 110 valence electrons. The zero-order valence-electron chi connectivity index (χ0n) is 12.9. The Labute approximate surface area is 137 Å². The molecule has 0 nitrogen and oxygen atoms in total. The number of rotatable bonds is 1. The van der Waals surface area contributed by atoms with Gasteiger partial charge in [0.2, 0.25) is 0 Å². The van der Waals surface area contributed by atoms with Crippen molar-refractivity contribution in [2.45, 2.75) is 18.2 Å². The molecule has 0 radical (unpaired) electrons. The van der Waals surface area contributed by atoms with E-state index in [1.807, 2.05) is 11.8 Å². The van der Waals surface area contributed by atoms with Crippen LogP contribution >= 0.6 is 11.8 Å². The Hall–Kier alpha value is -1.99. The maximum Gasteiger partial charge on any atom is 0.0161 e. The first kappa shape index (κ1) is 14.9. The van der Waals surface area contributed by atoms with Crippen LogP contribution in [0.4, 0.5) is 0 Å². The summed E-state index contributed by atoms with van der Waals surface area (Å²) in [5.74, 6) is 1.01. The van der Waals surface area contributed by atoms with Crippen molar-refractivity contribution in [1.82, 2.24) is 0 Å². The number of fused-ring (bicyclic) bond motifs is 1. The molecule has 1 heterocycles. The normalized spacial score (nSPS) is 19.0. The van der Waals surface area contributed by atoms with E-state index in [2.05, 4.69) is 80.3 Å². The van der Waals surface area contributed by atoms with Gasteiger partial charge in [0.15, 0.2) is 0 Å². The van der Waals surface area contributed by atoms with Crippen LogP contribution in [0.5, 0.6) is 0 Å². The average molecular weight is 304 g/mol. The van der Waals surface area contributed by atoms with Crippen molar-refractivity contribution >= 4 is 22.9 Å². The third kappa shape index (κ3) is 3.26. The van der Waals surface area contributed by atoms with Gasteiger partial charge in [0.05, 0.1) is 0 Å². The second-order valence-electron chi connectivity index (χ2n) is 5.50. The monoisotopic (exact) mass is 304 g/mol. The molecule has 1 aliphatic rings. The highest BCUT2D eigenvalue weighted by atomic mass is 32.2. The molecule has 0 unspecified atom stereocenters. The summed E-state index contributed by atoms with van der Waals surface area (Å²) in [5.41, 5.74) is 6.29. The molecule has 0 saturated carbocycles. The summed E-state index contributed by atoms with van der Waals surface area (Å²) < 4.78 is 0. The zero-order valence-corrected chi connectivity index (χ0v) is 13.7. The molecular formula is C21H20S. The van der Waals surface area contributed by atoms with E-state index in [1.54, 1.807) is 0 Å². The Kier molecular flexibility index (Phi) is 4.65. The topological polar surface area (TPSA) is 0 Å². The molecule has 0 fully saturated rings. The summed E-state index contributed by atoms with van der Waals surface area (Å²) in [6.07, 6.45) is 7.73. The Balaban J connectivity index is 2.09. The van der Waals surface area contributed by atoms with E-state index in [4.69, 9.17) is 0 Å². The van der Waals surface area contributed by atoms with E-state index in [-0.39, 0.29) is 0 Å². The molecule has 22 heavy (non-hydrogen) atoms. The lowest BCUT2D eigenvalue weighted by Crippen LogP contribution is -1.93. The first-order valence-corrected chi connectivity index (χ1v) is 8.57. The van der Waals surface area contributed by atoms with Gasteiger partial charge in [-0.1, -0.05) is 67.3 Å². The minimum absolute atomic E-state index is 0.949. The summed E-state index contributed by atoms with van der Waals surface area (Å²) in [6.45, 7) is 6.52. The average Bonchev–Trinajstić information content (AvgIpc) is 2.54. The van der Waals surface area contributed by atoms with E-state index in [0.717, 1.165) is 17.7 Å². The van der Waals surface area contributed by atoms with E-state index >= 15 is 0 Å². The Morgan fingerprint density at radius 2 is 1.77 bits per heavy atom. The SMILES string of the molecule is C=C1/C=C(\c2ccccc2)C/C=C\CSc2cccc(C)c21. The Morgan fingerprint density at radius 3 is 2.59 bits per heavy atom. The smallest absolute Gasteiger partial charge is 0.0161 e. The molecule has 0 saturated heterocycles. The summed E-state index contributed by atoms with van der Waals surface area (Å²) in [6, 6.07) is 17.1. The lowest BCUT2D eigenvalue weighted by molar-refractivity contribution is 1.30. The van der Waals surface area contributed by atoms with Crippen molar-refractivity contribution in [2.24, 2.45) is 0 Å². The van der Waals surface area contributed by atoms with Crippen LogP contribution in [0.2, 0.25) is 0 Å². The lowest BCUT2D eigenvalue weighted by atomic mass is 9.95. The van der Waals surface area contributed by atoms with Crippen LogP contribution in [0.3, 0.4) is 0 Å². The van der Waals surface area contributed by atoms with Gasteiger partial charge in [-0.2, -0.15) is 0 Å². The van der Waals surface area contributed by atoms with Gasteiger partial charge in [0.1, 0.15) is 0 Å². The quantitative estimate of drug-likeness (QED) is 0.570. The van der Waals surface area contributed by atoms with Crippen LogP contribution in [0.15, 0.2) is 78.2 Å². The first-order valence-electron chi connectivity index (χ1n) is 7.58. The predicted molar refractivity (Wildman–Crippen MR) is 99.1 cm³/mol. The second-order valence-corrected chi connectivity index (χ2v) is 6.56. The van der Waals surface area contributed by atoms with E-state index in [0.29, 0.717) is 0 Å². The van der Waals surface area contributed by atoms with Crippen LogP contribution in [0.25, 0.3) is 11.1 Å². The van der Waals surface area contributed by atoms with E-state index in [9.17, 15) is 0 Å². The summed E-state index contributed by atoms with van der Waals surface area (Å²) >= 11 is 1.88. The first-order chi connectivity index (χ1) is 10.8. The Morgan fingerprint density at radius 1 is 0.955 bits per heavy atom. The van der Waals surface area contributed by atoms with Gasteiger partial charge in [-0.05, 0) is 47.2 Å². The third-order valence-corrected chi connectivity index (χ3v) is 4.90. The van der Waals surface area contributed by atoms with Crippen molar-refractivity contribution in [3.05, 3.63) is 90.0 Å². The van der Waals surface area contributed by atoms with Crippen molar-refractivity contribution in [1.29, 1.82) is 0 Å². The van der Waals surface area contributed by atoms with Gasteiger partial charge < -0.3 is 0 Å². The standard InChI is InChI=1S/C21H20S/c1-16-9-8-13-20-21(16)17(2)15-19(12-6-7-14-22-20)18-10-4-3-5-11-18/h3-11,13,15H,2,12,14H2,1H3/b7-6-,19-15-. The molecule has 0 N–H and O–H groups in total. The van der Waals surface area contributed by atoms with Crippen molar-refractivity contribution in [3.8, 4) is 0 Å². The van der Waals surface area contributed by atoms with E-state index < -0.39 is 0 Å². The van der Waals surface area contributed by atoms with Crippen molar-refractivity contribution in [3.63, 3.8) is 0 Å². The maximum atomic E-state index is 4.35. The predicted octanol–water partition coefficient (Wildman–Crippen LogP) is 6.14. The molecular weight excluding hydrogens is 284 g/mol. The molecule has 0 bridgehead atoms. The molecule has 1 aliphatic heterocycles. The van der Waals surface area contributed by atoms with Crippen LogP contribution < -0.4 is 0 Å². The van der Waals surface area contributed by atoms with Crippen molar-refractivity contribution < 1.29 is 0 Å². The number of hydrogen-bond donors (Lipinski definition) is 0. The molecule has 0 aliphatic carbocycles. The van der Waals surface area contributed by atoms with Gasteiger partial charge >= 0.3 is 0 Å². The summed E-state index contributed by atoms with van der Waals surface area (Å²) in [5, 5.41) is 0. The number of hydrogen-bond acceptors (Lipinski definition) is 1. The highest BCUT2D eigenvalue weighted by Crippen LogP contribution is 2.34. The summed E-state index contributed by atoms with van der Waals surface area (Å²) in [4.78, 5) is 1.32. The molecule has 2 aromatic rings. The Bertz CT molecular complexity index is 736. The number of aryl methyl sites for hydroxylation is 1. The molecule has 0 spiro atoms. The largest absolute Gasteiger partial charge is 0.121 e. The fourth-order valence-corrected chi connectivity index (χ4v) is 3.81. The van der Waals surface area contributed by atoms with Crippen LogP contribution in [-0.4, -0.2) is 5.75 Å². The van der Waals surface area contributed by atoms with Crippen LogP contribution in [0, 0.1) is 6.92 Å². The molecule has 1 heteroatoms. The molecule has 0 atom stereocenters. The number of thioether (sulfide) groups is 1. The van der Waals surface area contributed by atoms with E-state index in [1.165, 1.54) is 27.2 Å². The van der Waals surface area contributed by atoms with Gasteiger partial charge in [-0.25, -0.2) is 0 Å². The van der Waals surface area contributed by atoms with Gasteiger partial charge in [0.25, 0.3) is 0 Å². The fourth-order valence-electron chi connectivity index (χ4n) is 2.78. The molecule has 3 rings (SSSR count). The zero-order chi connectivity index (χ0) is 15.4. The molecule has 0 amide bonds. The minimum atomic E-state index is 0.949. The number of allylic oxidation sites excluding steroid dienone is 4. The highest BCUT2D eigenvalue weighted by Gasteiger charge is 2.10. The highest BCUT2D eigenvalue weighted by molar-refractivity contribution is 7.99.